The van der Waals surface area contributed by atoms with Crippen LogP contribution in [0.2, 0.25) is 0 Å². The number of aromatic amines is 1. The molecule has 3 aromatic rings. The molecule has 1 atom stereocenters. The number of carbonyl (C=O) groups excluding carboxylic acids is 1. The number of furan rings is 1. The predicted octanol–water partition coefficient (Wildman–Crippen LogP) is 2.03. The van der Waals surface area contributed by atoms with Gasteiger partial charge in [0.2, 0.25) is 5.91 Å². The third kappa shape index (κ3) is 3.27. The number of aromatic nitrogens is 2. The number of carbonyl (C=O) groups is 1. The molecular formula is C17H19N3O3. The molecule has 120 valence electrons. The fraction of sp³-hybridized carbons (Fsp3) is 0.294. The minimum atomic E-state index is -1.25. The van der Waals surface area contributed by atoms with E-state index >= 15 is 0 Å². The number of aliphatic hydroxyl groups is 1. The van der Waals surface area contributed by atoms with E-state index in [9.17, 15) is 9.90 Å². The Morgan fingerprint density at radius 3 is 2.87 bits per heavy atom. The van der Waals surface area contributed by atoms with Crippen LogP contribution in [-0.4, -0.2) is 27.8 Å². The zero-order valence-corrected chi connectivity index (χ0v) is 13.1. The van der Waals surface area contributed by atoms with Crippen molar-refractivity contribution in [2.75, 3.05) is 6.54 Å². The molecule has 0 radical (unpaired) electrons. The maximum atomic E-state index is 12.1. The first-order chi connectivity index (χ1) is 11.0. The number of H-pyrrole nitrogens is 1. The Kier molecular flexibility index (Phi) is 3.92. The van der Waals surface area contributed by atoms with Crippen LogP contribution in [0.5, 0.6) is 0 Å². The molecule has 6 nitrogen and oxygen atoms in total. The fourth-order valence-electron chi connectivity index (χ4n) is 2.45. The van der Waals surface area contributed by atoms with Crippen LogP contribution in [0.15, 0.2) is 40.8 Å². The number of hydrogen-bond donors (Lipinski definition) is 3. The Morgan fingerprint density at radius 1 is 1.35 bits per heavy atom. The van der Waals surface area contributed by atoms with Crippen LogP contribution >= 0.6 is 0 Å². The number of hydrogen-bond acceptors (Lipinski definition) is 4. The second-order valence-corrected chi connectivity index (χ2v) is 5.86. The highest BCUT2D eigenvalue weighted by Crippen LogP contribution is 2.22. The first-order valence-electron chi connectivity index (χ1n) is 7.44. The van der Waals surface area contributed by atoms with Gasteiger partial charge in [0, 0.05) is 5.39 Å². The Morgan fingerprint density at radius 2 is 2.13 bits per heavy atom. The maximum absolute atomic E-state index is 12.1. The number of fused-ring (bicyclic) bond motifs is 1. The van der Waals surface area contributed by atoms with Crippen molar-refractivity contribution in [3.8, 4) is 0 Å². The maximum Gasteiger partial charge on any atom is 0.226 e. The van der Waals surface area contributed by atoms with E-state index in [1.165, 1.54) is 0 Å². The third-order valence-corrected chi connectivity index (χ3v) is 3.78. The fourth-order valence-corrected chi connectivity index (χ4v) is 2.45. The standard InChI is InChI=1S/C17H19N3O3/c1-11-7-8-15(23-11)17(2,22)10-18-16(21)9-14-12-5-3-4-6-13(12)19-20-14/h3-8,22H,9-10H2,1-2H3,(H,18,21)(H,19,20)/t17-/m0/s1. The Hall–Kier alpha value is -2.60. The van der Waals surface area contributed by atoms with Crippen LogP contribution in [0.3, 0.4) is 0 Å². The number of para-hydroxylation sites is 1. The molecule has 6 heteroatoms. The number of amides is 1. The highest BCUT2D eigenvalue weighted by Gasteiger charge is 2.27. The molecule has 2 heterocycles. The van der Waals surface area contributed by atoms with E-state index in [-0.39, 0.29) is 18.9 Å². The lowest BCUT2D eigenvalue weighted by atomic mass is 10.0. The summed E-state index contributed by atoms with van der Waals surface area (Å²) in [5.41, 5.74) is 0.333. The van der Waals surface area contributed by atoms with Crippen molar-refractivity contribution in [3.63, 3.8) is 0 Å². The smallest absolute Gasteiger partial charge is 0.226 e. The number of aryl methyl sites for hydroxylation is 1. The summed E-state index contributed by atoms with van der Waals surface area (Å²) in [4.78, 5) is 12.1. The molecule has 0 aliphatic heterocycles. The Labute approximate surface area is 133 Å². The molecule has 0 saturated heterocycles. The lowest BCUT2D eigenvalue weighted by Crippen LogP contribution is -2.39. The second-order valence-electron chi connectivity index (χ2n) is 5.86. The first kappa shape index (κ1) is 15.3. The molecule has 3 N–H and O–H groups in total. The molecule has 0 aliphatic rings. The average Bonchev–Trinajstić information content (AvgIpc) is 3.13. The molecule has 1 amide bonds. The van der Waals surface area contributed by atoms with Gasteiger partial charge in [-0.1, -0.05) is 18.2 Å². The van der Waals surface area contributed by atoms with E-state index in [1.807, 2.05) is 31.2 Å². The van der Waals surface area contributed by atoms with E-state index in [4.69, 9.17) is 4.42 Å². The number of rotatable bonds is 5. The third-order valence-electron chi connectivity index (χ3n) is 3.78. The largest absolute Gasteiger partial charge is 0.463 e. The Bertz CT molecular complexity index is 832. The van der Waals surface area contributed by atoms with Gasteiger partial charge in [-0.25, -0.2) is 0 Å². The zero-order valence-electron chi connectivity index (χ0n) is 13.1. The molecule has 1 aromatic carbocycles. The summed E-state index contributed by atoms with van der Waals surface area (Å²) < 4.78 is 5.43. The van der Waals surface area contributed by atoms with Crippen molar-refractivity contribution in [3.05, 3.63) is 53.6 Å². The van der Waals surface area contributed by atoms with E-state index in [0.717, 1.165) is 22.4 Å². The van der Waals surface area contributed by atoms with Crippen LogP contribution in [0.1, 0.15) is 24.1 Å². The van der Waals surface area contributed by atoms with Crippen molar-refractivity contribution in [2.24, 2.45) is 0 Å². The summed E-state index contributed by atoms with van der Waals surface area (Å²) in [6.07, 6.45) is 0.174. The highest BCUT2D eigenvalue weighted by atomic mass is 16.4. The summed E-state index contributed by atoms with van der Waals surface area (Å²) in [6, 6.07) is 11.1. The van der Waals surface area contributed by atoms with Gasteiger partial charge in [-0.2, -0.15) is 5.10 Å². The highest BCUT2D eigenvalue weighted by molar-refractivity contribution is 5.87. The van der Waals surface area contributed by atoms with Gasteiger partial charge < -0.3 is 14.8 Å². The summed E-state index contributed by atoms with van der Waals surface area (Å²) in [5.74, 6) is 0.959. The van der Waals surface area contributed by atoms with Crippen LogP contribution in [0.4, 0.5) is 0 Å². The predicted molar refractivity (Wildman–Crippen MR) is 85.8 cm³/mol. The van der Waals surface area contributed by atoms with Crippen LogP contribution < -0.4 is 5.32 Å². The van der Waals surface area contributed by atoms with Crippen molar-refractivity contribution in [1.29, 1.82) is 0 Å². The van der Waals surface area contributed by atoms with Gasteiger partial charge in [-0.05, 0) is 32.0 Å². The van der Waals surface area contributed by atoms with E-state index in [2.05, 4.69) is 15.5 Å². The monoisotopic (exact) mass is 313 g/mol. The summed E-state index contributed by atoms with van der Waals surface area (Å²) in [5, 5.41) is 21.1. The molecule has 0 fully saturated rings. The lowest BCUT2D eigenvalue weighted by Gasteiger charge is -2.21. The van der Waals surface area contributed by atoms with Gasteiger partial charge >= 0.3 is 0 Å². The van der Waals surface area contributed by atoms with Gasteiger partial charge in [0.05, 0.1) is 24.2 Å². The minimum absolute atomic E-state index is 0.0743. The summed E-state index contributed by atoms with van der Waals surface area (Å²) >= 11 is 0. The second kappa shape index (κ2) is 5.89. The van der Waals surface area contributed by atoms with E-state index in [0.29, 0.717) is 5.76 Å². The summed E-state index contributed by atoms with van der Waals surface area (Å²) in [6.45, 7) is 3.49. The van der Waals surface area contributed by atoms with Gasteiger partial charge in [0.25, 0.3) is 0 Å². The van der Waals surface area contributed by atoms with Gasteiger partial charge in [-0.15, -0.1) is 0 Å². The Balaban J connectivity index is 1.63. The van der Waals surface area contributed by atoms with Crippen molar-refractivity contribution in [1.82, 2.24) is 15.5 Å². The average molecular weight is 313 g/mol. The minimum Gasteiger partial charge on any atom is -0.463 e. The molecule has 0 saturated carbocycles. The van der Waals surface area contributed by atoms with Gasteiger partial charge in [-0.3, -0.25) is 9.89 Å². The van der Waals surface area contributed by atoms with Crippen molar-refractivity contribution in [2.45, 2.75) is 25.9 Å². The van der Waals surface area contributed by atoms with Crippen LogP contribution in [0.25, 0.3) is 10.9 Å². The van der Waals surface area contributed by atoms with Gasteiger partial charge in [0.1, 0.15) is 17.1 Å². The first-order valence-corrected chi connectivity index (χ1v) is 7.44. The lowest BCUT2D eigenvalue weighted by molar-refractivity contribution is -0.121. The van der Waals surface area contributed by atoms with Crippen molar-refractivity contribution >= 4 is 16.8 Å². The molecule has 2 aromatic heterocycles. The molecule has 3 rings (SSSR count). The topological polar surface area (TPSA) is 91.2 Å². The zero-order chi connectivity index (χ0) is 16.4. The quantitative estimate of drug-likeness (QED) is 0.672. The van der Waals surface area contributed by atoms with E-state index in [1.54, 1.807) is 19.1 Å². The molecule has 0 aliphatic carbocycles. The molecule has 0 unspecified atom stereocenters. The number of benzene rings is 1. The number of nitrogens with one attached hydrogen (secondary N) is 2. The van der Waals surface area contributed by atoms with Crippen LogP contribution in [-0.2, 0) is 16.8 Å². The molecule has 23 heavy (non-hydrogen) atoms. The number of nitrogens with zero attached hydrogens (tertiary/aromatic N) is 1. The molecule has 0 spiro atoms. The van der Waals surface area contributed by atoms with E-state index < -0.39 is 5.60 Å². The van der Waals surface area contributed by atoms with Gasteiger partial charge in [0.15, 0.2) is 0 Å². The molecule has 0 bridgehead atoms. The SMILES string of the molecule is Cc1ccc([C@@](C)(O)CNC(=O)Cc2[nH]nc3ccccc23)o1. The van der Waals surface area contributed by atoms with Crippen LogP contribution in [0, 0.1) is 6.92 Å². The van der Waals surface area contributed by atoms with Crippen molar-refractivity contribution < 1.29 is 14.3 Å². The normalized spacial score (nSPS) is 13.9. The summed E-state index contributed by atoms with van der Waals surface area (Å²) in [7, 11) is 0. The molecular weight excluding hydrogens is 294 g/mol.